The van der Waals surface area contributed by atoms with E-state index in [1.807, 2.05) is 25.8 Å². The number of nitrogens with zero attached hydrogens (tertiary/aromatic N) is 1. The standard InChI is InChI=1S/C15H24FN3O/c1-11(2)8-18-15(20)10-19(3)9-13-6-14(16)5-4-12(13)7-17/h4-6,11H,7-10,17H2,1-3H3,(H,18,20). The van der Waals surface area contributed by atoms with Crippen LogP contribution in [-0.2, 0) is 17.9 Å². The largest absolute Gasteiger partial charge is 0.355 e. The third-order valence-corrected chi connectivity index (χ3v) is 2.95. The van der Waals surface area contributed by atoms with Gasteiger partial charge in [-0.3, -0.25) is 9.69 Å². The predicted molar refractivity (Wildman–Crippen MR) is 78.5 cm³/mol. The molecule has 0 spiro atoms. The minimum absolute atomic E-state index is 0.0214. The van der Waals surface area contributed by atoms with Crippen molar-refractivity contribution in [1.82, 2.24) is 10.2 Å². The molecule has 0 aliphatic heterocycles. The molecule has 0 atom stereocenters. The molecule has 0 aromatic heterocycles. The van der Waals surface area contributed by atoms with E-state index in [-0.39, 0.29) is 18.3 Å². The molecule has 112 valence electrons. The van der Waals surface area contributed by atoms with Crippen LogP contribution >= 0.6 is 0 Å². The van der Waals surface area contributed by atoms with Crippen LogP contribution in [0.3, 0.4) is 0 Å². The lowest BCUT2D eigenvalue weighted by molar-refractivity contribution is -0.122. The molecule has 1 aromatic carbocycles. The molecule has 5 heteroatoms. The Bertz CT molecular complexity index is 449. The monoisotopic (exact) mass is 281 g/mol. The maximum absolute atomic E-state index is 13.3. The molecule has 1 rings (SSSR count). The lowest BCUT2D eigenvalue weighted by Crippen LogP contribution is -2.36. The Morgan fingerprint density at radius 3 is 2.70 bits per heavy atom. The number of hydrogen-bond acceptors (Lipinski definition) is 3. The van der Waals surface area contributed by atoms with Crippen LogP contribution in [-0.4, -0.2) is 30.9 Å². The zero-order chi connectivity index (χ0) is 15.1. The van der Waals surface area contributed by atoms with Gasteiger partial charge in [-0.05, 0) is 36.2 Å². The highest BCUT2D eigenvalue weighted by Gasteiger charge is 2.10. The van der Waals surface area contributed by atoms with Crippen molar-refractivity contribution in [3.8, 4) is 0 Å². The van der Waals surface area contributed by atoms with Crippen LogP contribution in [0.1, 0.15) is 25.0 Å². The first-order valence-corrected chi connectivity index (χ1v) is 6.85. The van der Waals surface area contributed by atoms with Crippen molar-refractivity contribution in [2.75, 3.05) is 20.1 Å². The molecule has 0 aliphatic rings. The lowest BCUT2D eigenvalue weighted by atomic mass is 10.1. The van der Waals surface area contributed by atoms with Crippen molar-refractivity contribution in [2.24, 2.45) is 11.7 Å². The molecule has 0 unspecified atom stereocenters. The Balaban J connectivity index is 2.55. The molecule has 0 saturated carbocycles. The fourth-order valence-corrected chi connectivity index (χ4v) is 1.91. The van der Waals surface area contributed by atoms with E-state index in [4.69, 9.17) is 5.73 Å². The van der Waals surface area contributed by atoms with E-state index in [2.05, 4.69) is 5.32 Å². The minimum atomic E-state index is -0.283. The molecule has 0 aliphatic carbocycles. The second-order valence-corrected chi connectivity index (χ2v) is 5.49. The highest BCUT2D eigenvalue weighted by atomic mass is 19.1. The highest BCUT2D eigenvalue weighted by molar-refractivity contribution is 5.77. The number of nitrogens with two attached hydrogens (primary N) is 1. The summed E-state index contributed by atoms with van der Waals surface area (Å²) < 4.78 is 13.3. The molecule has 1 amide bonds. The SMILES string of the molecule is CC(C)CNC(=O)CN(C)Cc1cc(F)ccc1CN. The number of nitrogens with one attached hydrogen (secondary N) is 1. The maximum atomic E-state index is 13.3. The van der Waals surface area contributed by atoms with Crippen molar-refractivity contribution < 1.29 is 9.18 Å². The first-order valence-electron chi connectivity index (χ1n) is 6.85. The normalized spacial score (nSPS) is 11.2. The fourth-order valence-electron chi connectivity index (χ4n) is 1.91. The first kappa shape index (κ1) is 16.6. The molecule has 0 bridgehead atoms. The van der Waals surface area contributed by atoms with E-state index in [9.17, 15) is 9.18 Å². The van der Waals surface area contributed by atoms with Gasteiger partial charge in [-0.1, -0.05) is 19.9 Å². The van der Waals surface area contributed by atoms with Crippen molar-refractivity contribution >= 4 is 5.91 Å². The Morgan fingerprint density at radius 2 is 2.10 bits per heavy atom. The van der Waals surface area contributed by atoms with E-state index in [0.717, 1.165) is 11.1 Å². The molecule has 0 fully saturated rings. The Hall–Kier alpha value is -1.46. The van der Waals surface area contributed by atoms with Crippen LogP contribution in [0.5, 0.6) is 0 Å². The van der Waals surface area contributed by atoms with E-state index in [1.54, 1.807) is 6.07 Å². The van der Waals surface area contributed by atoms with Gasteiger partial charge in [-0.25, -0.2) is 4.39 Å². The molecule has 4 nitrogen and oxygen atoms in total. The van der Waals surface area contributed by atoms with Gasteiger partial charge in [0.15, 0.2) is 0 Å². The Labute approximate surface area is 120 Å². The van der Waals surface area contributed by atoms with Crippen LogP contribution in [0.15, 0.2) is 18.2 Å². The van der Waals surface area contributed by atoms with E-state index >= 15 is 0 Å². The van der Waals surface area contributed by atoms with Gasteiger partial charge in [0.25, 0.3) is 0 Å². The number of amides is 1. The third kappa shape index (κ3) is 5.67. The molecular formula is C15H24FN3O. The van der Waals surface area contributed by atoms with Gasteiger partial charge in [0.05, 0.1) is 6.54 Å². The van der Waals surface area contributed by atoms with Gasteiger partial charge in [-0.2, -0.15) is 0 Å². The zero-order valence-corrected chi connectivity index (χ0v) is 12.4. The van der Waals surface area contributed by atoms with Gasteiger partial charge >= 0.3 is 0 Å². The predicted octanol–water partition coefficient (Wildman–Crippen LogP) is 1.49. The van der Waals surface area contributed by atoms with Crippen LogP contribution < -0.4 is 11.1 Å². The number of carbonyl (C=O) groups is 1. The van der Waals surface area contributed by atoms with Crippen LogP contribution in [0.4, 0.5) is 4.39 Å². The van der Waals surface area contributed by atoms with Crippen LogP contribution in [0.2, 0.25) is 0 Å². The summed E-state index contributed by atoms with van der Waals surface area (Å²) >= 11 is 0. The van der Waals surface area contributed by atoms with Gasteiger partial charge in [0.1, 0.15) is 5.82 Å². The Kier molecular flexibility index (Phi) is 6.61. The smallest absolute Gasteiger partial charge is 0.234 e. The summed E-state index contributed by atoms with van der Waals surface area (Å²) in [7, 11) is 1.83. The first-order chi connectivity index (χ1) is 9.42. The topological polar surface area (TPSA) is 58.4 Å². The highest BCUT2D eigenvalue weighted by Crippen LogP contribution is 2.12. The average Bonchev–Trinajstić information content (AvgIpc) is 2.36. The third-order valence-electron chi connectivity index (χ3n) is 2.95. The number of likely N-dealkylation sites (N-methyl/N-ethyl adjacent to an activating group) is 1. The molecule has 0 saturated heterocycles. The average molecular weight is 281 g/mol. The second-order valence-electron chi connectivity index (χ2n) is 5.49. The fraction of sp³-hybridized carbons (Fsp3) is 0.533. The van der Waals surface area contributed by atoms with Crippen molar-refractivity contribution in [3.05, 3.63) is 35.1 Å². The summed E-state index contributed by atoms with van der Waals surface area (Å²) in [5, 5.41) is 2.86. The van der Waals surface area contributed by atoms with Crippen molar-refractivity contribution in [3.63, 3.8) is 0 Å². The van der Waals surface area contributed by atoms with Crippen molar-refractivity contribution in [1.29, 1.82) is 0 Å². The summed E-state index contributed by atoms with van der Waals surface area (Å²) in [5.74, 6) is 0.123. The maximum Gasteiger partial charge on any atom is 0.234 e. The van der Waals surface area contributed by atoms with E-state index in [0.29, 0.717) is 25.6 Å². The molecule has 1 aromatic rings. The minimum Gasteiger partial charge on any atom is -0.355 e. The second kappa shape index (κ2) is 7.97. The zero-order valence-electron chi connectivity index (χ0n) is 12.4. The molecule has 0 heterocycles. The lowest BCUT2D eigenvalue weighted by Gasteiger charge is -2.18. The summed E-state index contributed by atoms with van der Waals surface area (Å²) in [5.41, 5.74) is 7.37. The van der Waals surface area contributed by atoms with Crippen molar-refractivity contribution in [2.45, 2.75) is 26.9 Å². The van der Waals surface area contributed by atoms with Gasteiger partial charge in [-0.15, -0.1) is 0 Å². The number of benzene rings is 1. The number of rotatable bonds is 7. The van der Waals surface area contributed by atoms with Crippen LogP contribution in [0, 0.1) is 11.7 Å². The van der Waals surface area contributed by atoms with Gasteiger partial charge in [0, 0.05) is 19.6 Å². The summed E-state index contributed by atoms with van der Waals surface area (Å²) in [6.45, 7) is 5.91. The molecule has 20 heavy (non-hydrogen) atoms. The molecule has 0 radical (unpaired) electrons. The Morgan fingerprint density at radius 1 is 1.40 bits per heavy atom. The molecular weight excluding hydrogens is 257 g/mol. The summed E-state index contributed by atoms with van der Waals surface area (Å²) in [6, 6.07) is 4.57. The van der Waals surface area contributed by atoms with Gasteiger partial charge < -0.3 is 11.1 Å². The van der Waals surface area contributed by atoms with Crippen LogP contribution in [0.25, 0.3) is 0 Å². The number of halogens is 1. The quantitative estimate of drug-likeness (QED) is 0.796. The number of carbonyl (C=O) groups excluding carboxylic acids is 1. The van der Waals surface area contributed by atoms with E-state index < -0.39 is 0 Å². The molecule has 3 N–H and O–H groups in total. The van der Waals surface area contributed by atoms with Gasteiger partial charge in [0.2, 0.25) is 5.91 Å². The number of hydrogen-bond donors (Lipinski definition) is 2. The summed E-state index contributed by atoms with van der Waals surface area (Å²) in [4.78, 5) is 13.6. The summed E-state index contributed by atoms with van der Waals surface area (Å²) in [6.07, 6.45) is 0. The van der Waals surface area contributed by atoms with E-state index in [1.165, 1.54) is 12.1 Å².